The smallest absolute Gasteiger partial charge is 0.249 e. The maximum atomic E-state index is 12.4. The molecule has 3 rings (SSSR count). The summed E-state index contributed by atoms with van der Waals surface area (Å²) in [5, 5.41) is 9.28. The van der Waals surface area contributed by atoms with Gasteiger partial charge in [0.1, 0.15) is 12.3 Å². The summed E-state index contributed by atoms with van der Waals surface area (Å²) in [7, 11) is 1.61. The Morgan fingerprint density at radius 1 is 1.28 bits per heavy atom. The van der Waals surface area contributed by atoms with Crippen molar-refractivity contribution in [1.29, 1.82) is 0 Å². The Bertz CT molecular complexity index is 826. The minimum Gasteiger partial charge on any atom is -0.497 e. The van der Waals surface area contributed by atoms with E-state index in [2.05, 4.69) is 15.1 Å². The number of carbonyl (C=O) groups is 1. The zero-order valence-electron chi connectivity index (χ0n) is 13.7. The van der Waals surface area contributed by atoms with Gasteiger partial charge in [0.15, 0.2) is 0 Å². The fraction of sp³-hybridized carbons (Fsp3) is 0.222. The van der Waals surface area contributed by atoms with Gasteiger partial charge in [0, 0.05) is 11.3 Å². The first-order chi connectivity index (χ1) is 12.2. The second-order valence-electron chi connectivity index (χ2n) is 5.53. The second-order valence-corrected chi connectivity index (χ2v) is 5.53. The highest BCUT2D eigenvalue weighted by Gasteiger charge is 2.32. The van der Waals surface area contributed by atoms with Crippen molar-refractivity contribution in [2.75, 3.05) is 13.7 Å². The van der Waals surface area contributed by atoms with Crippen LogP contribution in [-0.2, 0) is 4.79 Å². The Hall–Kier alpha value is -3.31. The average Bonchev–Trinajstić information content (AvgIpc) is 3.12. The molecule has 0 saturated heterocycles. The summed E-state index contributed by atoms with van der Waals surface area (Å²) in [5.41, 5.74) is 11.2. The van der Waals surface area contributed by atoms with E-state index in [4.69, 9.17) is 10.3 Å². The molecule has 0 radical (unpaired) electrons. The first kappa shape index (κ1) is 16.5. The quantitative estimate of drug-likeness (QED) is 0.474. The highest BCUT2D eigenvalue weighted by molar-refractivity contribution is 6.03. The Morgan fingerprint density at radius 2 is 2.00 bits per heavy atom. The van der Waals surface area contributed by atoms with Crippen molar-refractivity contribution in [3.63, 3.8) is 0 Å². The predicted molar refractivity (Wildman–Crippen MR) is 94.2 cm³/mol. The molecular weight excluding hydrogens is 318 g/mol. The topological polar surface area (TPSA) is 90.7 Å². The normalized spacial score (nSPS) is 16.1. The number of azide groups is 1. The molecule has 0 N–H and O–H groups in total. The van der Waals surface area contributed by atoms with Gasteiger partial charge in [0.25, 0.3) is 0 Å². The lowest BCUT2D eigenvalue weighted by Gasteiger charge is -2.21. The highest BCUT2D eigenvalue weighted by Crippen LogP contribution is 2.33. The van der Waals surface area contributed by atoms with Crippen molar-refractivity contribution in [1.82, 2.24) is 5.01 Å². The van der Waals surface area contributed by atoms with E-state index in [-0.39, 0.29) is 18.5 Å². The van der Waals surface area contributed by atoms with E-state index >= 15 is 0 Å². The van der Waals surface area contributed by atoms with Gasteiger partial charge in [-0.3, -0.25) is 4.79 Å². The molecule has 0 aliphatic carbocycles. The molecule has 1 heterocycles. The van der Waals surface area contributed by atoms with Crippen LogP contribution in [0.2, 0.25) is 0 Å². The van der Waals surface area contributed by atoms with E-state index in [0.29, 0.717) is 6.42 Å². The van der Waals surface area contributed by atoms with Crippen LogP contribution in [0.4, 0.5) is 0 Å². The number of hydrazone groups is 1. The van der Waals surface area contributed by atoms with E-state index in [1.165, 1.54) is 5.01 Å². The molecule has 1 aliphatic rings. The molecule has 0 aromatic heterocycles. The number of amides is 1. The van der Waals surface area contributed by atoms with Gasteiger partial charge in [-0.2, -0.15) is 5.10 Å². The van der Waals surface area contributed by atoms with Crippen LogP contribution >= 0.6 is 0 Å². The van der Waals surface area contributed by atoms with Crippen molar-refractivity contribution in [2.45, 2.75) is 12.5 Å². The summed E-state index contributed by atoms with van der Waals surface area (Å²) in [5.74, 6) is 0.419. The number of ether oxygens (including phenoxy) is 1. The van der Waals surface area contributed by atoms with Crippen molar-refractivity contribution in [2.24, 2.45) is 10.2 Å². The Balaban J connectivity index is 1.92. The molecule has 1 aliphatic heterocycles. The molecule has 25 heavy (non-hydrogen) atoms. The fourth-order valence-electron chi connectivity index (χ4n) is 2.80. The summed E-state index contributed by atoms with van der Waals surface area (Å²) in [6, 6.07) is 17.0. The molecule has 7 heteroatoms. The third kappa shape index (κ3) is 3.62. The minimum absolute atomic E-state index is 0.234. The number of hydrogen-bond donors (Lipinski definition) is 0. The van der Waals surface area contributed by atoms with Gasteiger partial charge < -0.3 is 4.74 Å². The lowest BCUT2D eigenvalue weighted by Crippen LogP contribution is -2.28. The molecule has 0 fully saturated rings. The van der Waals surface area contributed by atoms with E-state index in [1.54, 1.807) is 7.11 Å². The maximum Gasteiger partial charge on any atom is 0.249 e. The Kier molecular flexibility index (Phi) is 4.97. The highest BCUT2D eigenvalue weighted by atomic mass is 16.5. The first-order valence-corrected chi connectivity index (χ1v) is 7.82. The van der Waals surface area contributed by atoms with Gasteiger partial charge in [-0.25, -0.2) is 5.01 Å². The number of carbonyl (C=O) groups excluding carboxylic acids is 1. The molecule has 1 amide bonds. The molecule has 2 aromatic carbocycles. The van der Waals surface area contributed by atoms with Crippen molar-refractivity contribution in [3.8, 4) is 5.75 Å². The molecule has 7 nitrogen and oxygen atoms in total. The molecular formula is C18H17N5O2. The summed E-state index contributed by atoms with van der Waals surface area (Å²) in [6.45, 7) is -0.255. The van der Waals surface area contributed by atoms with Gasteiger partial charge in [0.05, 0.1) is 18.9 Å². The number of nitrogens with zero attached hydrogens (tertiary/aromatic N) is 5. The predicted octanol–water partition coefficient (Wildman–Crippen LogP) is 3.68. The molecule has 1 unspecified atom stereocenters. The number of benzene rings is 2. The Labute approximate surface area is 145 Å². The van der Waals surface area contributed by atoms with Crippen molar-refractivity contribution < 1.29 is 9.53 Å². The van der Waals surface area contributed by atoms with E-state index in [9.17, 15) is 4.79 Å². The zero-order valence-corrected chi connectivity index (χ0v) is 13.7. The van der Waals surface area contributed by atoms with E-state index in [1.807, 2.05) is 54.6 Å². The third-order valence-electron chi connectivity index (χ3n) is 4.04. The first-order valence-electron chi connectivity index (χ1n) is 7.82. The van der Waals surface area contributed by atoms with Gasteiger partial charge in [0.2, 0.25) is 5.91 Å². The van der Waals surface area contributed by atoms with Crippen LogP contribution in [0.1, 0.15) is 23.6 Å². The average molecular weight is 335 g/mol. The summed E-state index contributed by atoms with van der Waals surface area (Å²) in [6.07, 6.45) is 0.596. The van der Waals surface area contributed by atoms with Crippen molar-refractivity contribution >= 4 is 11.6 Å². The molecule has 2 aromatic rings. The monoisotopic (exact) mass is 335 g/mol. The summed E-state index contributed by atoms with van der Waals surface area (Å²) < 4.78 is 5.19. The molecule has 0 saturated carbocycles. The SMILES string of the molecule is COc1ccc(C2CC(c3ccccc3)=NN2C(=O)CN=[N+]=[N-])cc1. The standard InChI is InChI=1S/C18H17N5O2/c1-25-15-9-7-14(8-10-15)17-11-16(13-5-3-2-4-6-13)21-23(17)18(24)12-20-22-19/h2-10,17H,11-12H2,1H3. The van der Waals surface area contributed by atoms with Crippen LogP contribution in [0.3, 0.4) is 0 Å². The Morgan fingerprint density at radius 3 is 2.64 bits per heavy atom. The molecule has 1 atom stereocenters. The second kappa shape index (κ2) is 7.51. The van der Waals surface area contributed by atoms with Gasteiger partial charge in [-0.1, -0.05) is 47.6 Å². The van der Waals surface area contributed by atoms with Crippen molar-refractivity contribution in [3.05, 3.63) is 76.2 Å². The fourth-order valence-corrected chi connectivity index (χ4v) is 2.80. The number of hydrogen-bond acceptors (Lipinski definition) is 4. The van der Waals surface area contributed by atoms with Crippen LogP contribution < -0.4 is 4.74 Å². The zero-order chi connectivity index (χ0) is 17.6. The van der Waals surface area contributed by atoms with Crippen LogP contribution in [0.5, 0.6) is 5.75 Å². The number of rotatable bonds is 5. The molecule has 0 bridgehead atoms. The largest absolute Gasteiger partial charge is 0.497 e. The molecule has 0 spiro atoms. The van der Waals surface area contributed by atoms with Crippen LogP contribution in [0.15, 0.2) is 64.8 Å². The van der Waals surface area contributed by atoms with Gasteiger partial charge in [-0.05, 0) is 28.8 Å². The molecule has 126 valence electrons. The van der Waals surface area contributed by atoms with Gasteiger partial charge in [-0.15, -0.1) is 0 Å². The van der Waals surface area contributed by atoms with Crippen LogP contribution in [0.25, 0.3) is 10.4 Å². The van der Waals surface area contributed by atoms with E-state index in [0.717, 1.165) is 22.6 Å². The lowest BCUT2D eigenvalue weighted by molar-refractivity contribution is -0.131. The van der Waals surface area contributed by atoms with Gasteiger partial charge >= 0.3 is 0 Å². The maximum absolute atomic E-state index is 12.4. The third-order valence-corrected chi connectivity index (χ3v) is 4.04. The lowest BCUT2D eigenvalue weighted by atomic mass is 9.98. The number of methoxy groups -OCH3 is 1. The summed E-state index contributed by atoms with van der Waals surface area (Å²) >= 11 is 0. The van der Waals surface area contributed by atoms with E-state index < -0.39 is 0 Å². The van der Waals surface area contributed by atoms with Crippen LogP contribution in [0, 0.1) is 0 Å². The summed E-state index contributed by atoms with van der Waals surface area (Å²) in [4.78, 5) is 15.1. The minimum atomic E-state index is -0.329. The van der Waals surface area contributed by atoms with Crippen LogP contribution in [-0.4, -0.2) is 30.3 Å².